The van der Waals surface area contributed by atoms with Crippen LogP contribution in [0.2, 0.25) is 0 Å². The van der Waals surface area contributed by atoms with E-state index in [4.69, 9.17) is 6.42 Å². The van der Waals surface area contributed by atoms with E-state index in [-0.39, 0.29) is 5.97 Å². The highest BCUT2D eigenvalue weighted by atomic mass is 16.5. The fourth-order valence-corrected chi connectivity index (χ4v) is 0.820. The van der Waals surface area contributed by atoms with Gasteiger partial charge in [0, 0.05) is 5.56 Å². The van der Waals surface area contributed by atoms with Crippen LogP contribution in [0.4, 0.5) is 0 Å². The van der Waals surface area contributed by atoms with Gasteiger partial charge in [-0.15, -0.1) is 6.42 Å². The van der Waals surface area contributed by atoms with Crippen molar-refractivity contribution in [1.82, 2.24) is 0 Å². The van der Waals surface area contributed by atoms with E-state index >= 15 is 0 Å². The normalized spacial score (nSPS) is 7.25. The standard InChI is InChI=1S/C10H8O2.2C2H6/c1-3-8-4-6-9(7-5-8)10(11)12-2;2*1-2/h1,4-7H,2H3;2*1-2H3. The van der Waals surface area contributed by atoms with Gasteiger partial charge in [0.1, 0.15) is 0 Å². The van der Waals surface area contributed by atoms with Crippen LogP contribution < -0.4 is 0 Å². The molecule has 0 N–H and O–H groups in total. The number of methoxy groups -OCH3 is 1. The zero-order valence-electron chi connectivity index (χ0n) is 10.7. The maximum Gasteiger partial charge on any atom is 0.337 e. The number of benzene rings is 1. The van der Waals surface area contributed by atoms with Gasteiger partial charge in [-0.3, -0.25) is 0 Å². The number of esters is 1. The Bertz CT molecular complexity index is 318. The van der Waals surface area contributed by atoms with Crippen LogP contribution in [0, 0.1) is 12.3 Å². The second-order valence-corrected chi connectivity index (χ2v) is 2.21. The lowest BCUT2D eigenvalue weighted by atomic mass is 10.1. The van der Waals surface area contributed by atoms with E-state index in [0.29, 0.717) is 5.56 Å². The van der Waals surface area contributed by atoms with Gasteiger partial charge in [-0.2, -0.15) is 0 Å². The van der Waals surface area contributed by atoms with Crippen molar-refractivity contribution in [1.29, 1.82) is 0 Å². The molecule has 0 fully saturated rings. The first-order valence-electron chi connectivity index (χ1n) is 5.43. The zero-order valence-corrected chi connectivity index (χ0v) is 10.7. The minimum Gasteiger partial charge on any atom is -0.465 e. The van der Waals surface area contributed by atoms with E-state index in [0.717, 1.165) is 5.56 Å². The molecule has 0 spiro atoms. The molecule has 0 bridgehead atoms. The molecular weight excluding hydrogens is 200 g/mol. The predicted molar refractivity (Wildman–Crippen MR) is 68.4 cm³/mol. The van der Waals surface area contributed by atoms with Crippen molar-refractivity contribution in [3.05, 3.63) is 35.4 Å². The lowest BCUT2D eigenvalue weighted by molar-refractivity contribution is 0.0601. The molecule has 0 amide bonds. The minimum atomic E-state index is -0.349. The highest BCUT2D eigenvalue weighted by Gasteiger charge is 2.02. The first kappa shape index (κ1) is 16.7. The van der Waals surface area contributed by atoms with Gasteiger partial charge in [0.15, 0.2) is 0 Å². The smallest absolute Gasteiger partial charge is 0.337 e. The minimum absolute atomic E-state index is 0.349. The molecule has 88 valence electrons. The summed E-state index contributed by atoms with van der Waals surface area (Å²) in [4.78, 5) is 10.9. The van der Waals surface area contributed by atoms with Crippen molar-refractivity contribution in [3.8, 4) is 12.3 Å². The van der Waals surface area contributed by atoms with Gasteiger partial charge in [-0.25, -0.2) is 4.79 Å². The lowest BCUT2D eigenvalue weighted by Crippen LogP contribution is -2.00. The van der Waals surface area contributed by atoms with Crippen molar-refractivity contribution in [2.45, 2.75) is 27.7 Å². The molecule has 0 saturated carbocycles. The molecule has 2 nitrogen and oxygen atoms in total. The summed E-state index contributed by atoms with van der Waals surface area (Å²) in [5.41, 5.74) is 1.26. The van der Waals surface area contributed by atoms with Crippen LogP contribution in [0.25, 0.3) is 0 Å². The molecule has 0 saturated heterocycles. The average molecular weight is 220 g/mol. The van der Waals surface area contributed by atoms with E-state index in [1.807, 2.05) is 27.7 Å². The Hall–Kier alpha value is -1.75. The third-order valence-corrected chi connectivity index (χ3v) is 1.47. The fourth-order valence-electron chi connectivity index (χ4n) is 0.820. The van der Waals surface area contributed by atoms with Gasteiger partial charge in [0.2, 0.25) is 0 Å². The molecule has 1 aromatic carbocycles. The summed E-state index contributed by atoms with van der Waals surface area (Å²) in [7, 11) is 1.34. The summed E-state index contributed by atoms with van der Waals surface area (Å²) in [5, 5.41) is 0. The second-order valence-electron chi connectivity index (χ2n) is 2.21. The summed E-state index contributed by atoms with van der Waals surface area (Å²) < 4.78 is 4.52. The third-order valence-electron chi connectivity index (χ3n) is 1.47. The van der Waals surface area contributed by atoms with E-state index in [1.54, 1.807) is 24.3 Å². The van der Waals surface area contributed by atoms with Gasteiger partial charge < -0.3 is 4.74 Å². The highest BCUT2D eigenvalue weighted by Crippen LogP contribution is 2.03. The lowest BCUT2D eigenvalue weighted by Gasteiger charge is -1.97. The fraction of sp³-hybridized carbons (Fsp3) is 0.357. The number of hydrogen-bond acceptors (Lipinski definition) is 2. The monoisotopic (exact) mass is 220 g/mol. The van der Waals surface area contributed by atoms with Crippen LogP contribution in [0.5, 0.6) is 0 Å². The number of rotatable bonds is 1. The molecular formula is C14H20O2. The molecule has 0 aliphatic carbocycles. The molecule has 0 unspecified atom stereocenters. The maximum atomic E-state index is 10.9. The van der Waals surface area contributed by atoms with Gasteiger partial charge >= 0.3 is 5.97 Å². The molecule has 0 aliphatic rings. The van der Waals surface area contributed by atoms with Gasteiger partial charge in [0.05, 0.1) is 12.7 Å². The number of hydrogen-bond donors (Lipinski definition) is 0. The first-order chi connectivity index (χ1) is 7.77. The van der Waals surface area contributed by atoms with Crippen LogP contribution >= 0.6 is 0 Å². The van der Waals surface area contributed by atoms with E-state index in [2.05, 4.69) is 10.7 Å². The van der Waals surface area contributed by atoms with Crippen LogP contribution in [0.15, 0.2) is 24.3 Å². The summed E-state index contributed by atoms with van der Waals surface area (Å²) in [5.74, 6) is 2.11. The molecule has 1 aromatic rings. The Balaban J connectivity index is 0. The maximum absolute atomic E-state index is 10.9. The van der Waals surface area contributed by atoms with E-state index in [9.17, 15) is 4.79 Å². The largest absolute Gasteiger partial charge is 0.465 e. The number of ether oxygens (including phenoxy) is 1. The Morgan fingerprint density at radius 3 is 1.88 bits per heavy atom. The molecule has 0 heterocycles. The van der Waals surface area contributed by atoms with Crippen LogP contribution in [0.1, 0.15) is 43.6 Å². The van der Waals surface area contributed by atoms with E-state index < -0.39 is 0 Å². The van der Waals surface area contributed by atoms with Gasteiger partial charge in [0.25, 0.3) is 0 Å². The molecule has 0 aromatic heterocycles. The van der Waals surface area contributed by atoms with Crippen molar-refractivity contribution >= 4 is 5.97 Å². The molecule has 0 aliphatic heterocycles. The van der Waals surface area contributed by atoms with Crippen LogP contribution in [0.3, 0.4) is 0 Å². The van der Waals surface area contributed by atoms with E-state index in [1.165, 1.54) is 7.11 Å². The van der Waals surface area contributed by atoms with Crippen molar-refractivity contribution < 1.29 is 9.53 Å². The van der Waals surface area contributed by atoms with Crippen LogP contribution in [-0.2, 0) is 4.74 Å². The SMILES string of the molecule is C#Cc1ccc(C(=O)OC)cc1.CC.CC. The third kappa shape index (κ3) is 5.87. The van der Waals surface area contributed by atoms with Crippen molar-refractivity contribution in [2.24, 2.45) is 0 Å². The molecule has 16 heavy (non-hydrogen) atoms. The summed E-state index contributed by atoms with van der Waals surface area (Å²) in [6, 6.07) is 6.68. The quantitative estimate of drug-likeness (QED) is 0.535. The number of terminal acetylenes is 1. The number of carbonyl (C=O) groups excluding carboxylic acids is 1. The molecule has 1 rings (SSSR count). The van der Waals surface area contributed by atoms with Gasteiger partial charge in [-0.05, 0) is 24.3 Å². The summed E-state index contributed by atoms with van der Waals surface area (Å²) >= 11 is 0. The summed E-state index contributed by atoms with van der Waals surface area (Å²) in [6.45, 7) is 8.00. The zero-order chi connectivity index (χ0) is 13.0. The van der Waals surface area contributed by atoms with Crippen LogP contribution in [-0.4, -0.2) is 13.1 Å². The Labute approximate surface area is 98.6 Å². The molecule has 0 radical (unpaired) electrons. The number of carbonyl (C=O) groups is 1. The average Bonchev–Trinajstić information content (AvgIpc) is 2.42. The summed E-state index contributed by atoms with van der Waals surface area (Å²) in [6.07, 6.45) is 5.14. The van der Waals surface area contributed by atoms with Crippen molar-refractivity contribution in [2.75, 3.05) is 7.11 Å². The van der Waals surface area contributed by atoms with Gasteiger partial charge in [-0.1, -0.05) is 33.6 Å². The highest BCUT2D eigenvalue weighted by molar-refractivity contribution is 5.89. The molecule has 2 heteroatoms. The molecule has 0 atom stereocenters. The second kappa shape index (κ2) is 11.3. The van der Waals surface area contributed by atoms with Crippen molar-refractivity contribution in [3.63, 3.8) is 0 Å². The first-order valence-corrected chi connectivity index (χ1v) is 5.43. The Kier molecular flexibility index (Phi) is 11.8. The Morgan fingerprint density at radius 2 is 1.56 bits per heavy atom. The predicted octanol–water partition coefficient (Wildman–Crippen LogP) is 3.51. The Morgan fingerprint density at radius 1 is 1.12 bits per heavy atom. The topological polar surface area (TPSA) is 26.3 Å².